The molecule has 1 saturated heterocycles. The Bertz CT molecular complexity index is 800. The lowest BCUT2D eigenvalue weighted by Crippen LogP contribution is -2.43. The molecular weight excluding hydrogens is 292 g/mol. The largest absolute Gasteiger partial charge is 0.365 e. The van der Waals surface area contributed by atoms with Crippen LogP contribution in [0.2, 0.25) is 0 Å². The lowest BCUT2D eigenvalue weighted by atomic mass is 10.1. The Morgan fingerprint density at radius 2 is 2.04 bits per heavy atom. The Hall–Kier alpha value is -2.77. The molecule has 1 fully saturated rings. The van der Waals surface area contributed by atoms with Gasteiger partial charge in [0, 0.05) is 38.6 Å². The number of rotatable bonds is 3. The highest BCUT2D eigenvalue weighted by molar-refractivity contribution is 5.86. The molecule has 0 spiro atoms. The van der Waals surface area contributed by atoms with E-state index in [0.29, 0.717) is 6.04 Å². The summed E-state index contributed by atoms with van der Waals surface area (Å²) in [4.78, 5) is 19.6. The zero-order valence-electron chi connectivity index (χ0n) is 12.9. The number of anilines is 2. The van der Waals surface area contributed by atoms with E-state index in [0.717, 1.165) is 48.7 Å². The van der Waals surface area contributed by atoms with Crippen molar-refractivity contribution in [2.24, 2.45) is 7.05 Å². The van der Waals surface area contributed by atoms with Gasteiger partial charge in [-0.2, -0.15) is 5.10 Å². The number of aryl methyl sites for hydroxylation is 1. The van der Waals surface area contributed by atoms with Gasteiger partial charge in [-0.3, -0.25) is 4.68 Å². The number of aromatic nitrogens is 6. The standard InChI is InChI=1S/C15H18N8/c1-22-14-12(8-20-22)13(18-10-19-14)21-11-4-2-7-23(9-11)15-16-5-3-6-17-15/h3,5-6,8,10-11H,2,4,7,9H2,1H3,(H,18,19,21)/t11-/m1/s1. The minimum atomic E-state index is 0.297. The van der Waals surface area contributed by atoms with Crippen molar-refractivity contribution in [3.8, 4) is 0 Å². The number of nitrogens with one attached hydrogen (secondary N) is 1. The monoisotopic (exact) mass is 310 g/mol. The molecule has 1 N–H and O–H groups in total. The molecule has 0 unspecified atom stereocenters. The third-order valence-electron chi connectivity index (χ3n) is 4.13. The molecule has 0 amide bonds. The second kappa shape index (κ2) is 5.79. The van der Waals surface area contributed by atoms with Crippen molar-refractivity contribution in [2.45, 2.75) is 18.9 Å². The van der Waals surface area contributed by atoms with Crippen LogP contribution in [0.4, 0.5) is 11.8 Å². The van der Waals surface area contributed by atoms with Gasteiger partial charge in [0.25, 0.3) is 0 Å². The van der Waals surface area contributed by atoms with E-state index in [1.165, 1.54) is 0 Å². The third kappa shape index (κ3) is 2.67. The van der Waals surface area contributed by atoms with Gasteiger partial charge >= 0.3 is 0 Å². The van der Waals surface area contributed by atoms with Crippen molar-refractivity contribution in [1.82, 2.24) is 29.7 Å². The van der Waals surface area contributed by atoms with Gasteiger partial charge in [0.1, 0.15) is 12.1 Å². The molecule has 0 aromatic carbocycles. The summed E-state index contributed by atoms with van der Waals surface area (Å²) in [5.41, 5.74) is 0.835. The molecule has 1 atom stereocenters. The van der Waals surface area contributed by atoms with Crippen molar-refractivity contribution >= 4 is 22.8 Å². The van der Waals surface area contributed by atoms with Crippen LogP contribution in [0.25, 0.3) is 11.0 Å². The molecule has 4 heterocycles. The summed E-state index contributed by atoms with van der Waals surface area (Å²) in [6.07, 6.45) is 9.13. The van der Waals surface area contributed by atoms with Gasteiger partial charge in [-0.15, -0.1) is 0 Å². The maximum atomic E-state index is 4.39. The minimum absolute atomic E-state index is 0.297. The molecule has 23 heavy (non-hydrogen) atoms. The lowest BCUT2D eigenvalue weighted by Gasteiger charge is -2.33. The molecule has 0 saturated carbocycles. The Kier molecular flexibility index (Phi) is 3.49. The Morgan fingerprint density at radius 1 is 1.17 bits per heavy atom. The summed E-state index contributed by atoms with van der Waals surface area (Å²) >= 11 is 0. The first kappa shape index (κ1) is 13.9. The zero-order chi connectivity index (χ0) is 15.6. The topological polar surface area (TPSA) is 84.7 Å². The quantitative estimate of drug-likeness (QED) is 0.779. The smallest absolute Gasteiger partial charge is 0.225 e. The van der Waals surface area contributed by atoms with Gasteiger partial charge in [-0.05, 0) is 18.9 Å². The van der Waals surface area contributed by atoms with E-state index in [1.807, 2.05) is 13.1 Å². The lowest BCUT2D eigenvalue weighted by molar-refractivity contribution is 0.522. The normalized spacial score (nSPS) is 18.3. The molecule has 3 aromatic heterocycles. The van der Waals surface area contributed by atoms with E-state index in [-0.39, 0.29) is 0 Å². The summed E-state index contributed by atoms with van der Waals surface area (Å²) in [6.45, 7) is 1.84. The number of nitrogens with zero attached hydrogens (tertiary/aromatic N) is 7. The van der Waals surface area contributed by atoms with Crippen molar-refractivity contribution < 1.29 is 0 Å². The SMILES string of the molecule is Cn1ncc2c(N[C@@H]3CCCN(c4ncccn4)C3)ncnc21. The fourth-order valence-electron chi connectivity index (χ4n) is 3.00. The molecule has 0 aliphatic carbocycles. The van der Waals surface area contributed by atoms with Crippen LogP contribution < -0.4 is 10.2 Å². The van der Waals surface area contributed by atoms with Crippen LogP contribution in [-0.2, 0) is 7.05 Å². The molecule has 3 aromatic rings. The van der Waals surface area contributed by atoms with Gasteiger partial charge in [-0.25, -0.2) is 19.9 Å². The van der Waals surface area contributed by atoms with Gasteiger partial charge in [0.05, 0.1) is 11.6 Å². The van der Waals surface area contributed by atoms with Crippen molar-refractivity contribution in [3.05, 3.63) is 31.0 Å². The Balaban J connectivity index is 1.54. The molecule has 0 radical (unpaired) electrons. The highest BCUT2D eigenvalue weighted by Crippen LogP contribution is 2.22. The molecule has 4 rings (SSSR count). The predicted molar refractivity (Wildman–Crippen MR) is 87.2 cm³/mol. The Labute approximate surface area is 133 Å². The summed E-state index contributed by atoms with van der Waals surface area (Å²) in [5, 5.41) is 8.74. The molecular formula is C15H18N8. The first-order valence-electron chi connectivity index (χ1n) is 7.72. The number of piperidine rings is 1. The molecule has 8 heteroatoms. The second-order valence-corrected chi connectivity index (χ2v) is 5.71. The van der Waals surface area contributed by atoms with Crippen LogP contribution in [-0.4, -0.2) is 48.8 Å². The Morgan fingerprint density at radius 3 is 2.91 bits per heavy atom. The second-order valence-electron chi connectivity index (χ2n) is 5.71. The maximum Gasteiger partial charge on any atom is 0.225 e. The van der Waals surface area contributed by atoms with Crippen LogP contribution in [0.3, 0.4) is 0 Å². The summed E-state index contributed by atoms with van der Waals surface area (Å²) in [6, 6.07) is 2.13. The van der Waals surface area contributed by atoms with E-state index in [1.54, 1.807) is 29.6 Å². The van der Waals surface area contributed by atoms with E-state index < -0.39 is 0 Å². The predicted octanol–water partition coefficient (Wildman–Crippen LogP) is 1.23. The molecule has 1 aliphatic heterocycles. The fraction of sp³-hybridized carbons (Fsp3) is 0.400. The summed E-state index contributed by atoms with van der Waals surface area (Å²) in [5.74, 6) is 1.62. The van der Waals surface area contributed by atoms with Gasteiger partial charge in [0.2, 0.25) is 5.95 Å². The van der Waals surface area contributed by atoms with Crippen LogP contribution in [0.1, 0.15) is 12.8 Å². The first-order valence-corrected chi connectivity index (χ1v) is 7.72. The van der Waals surface area contributed by atoms with Gasteiger partial charge in [0.15, 0.2) is 5.65 Å². The molecule has 8 nitrogen and oxygen atoms in total. The highest BCUT2D eigenvalue weighted by atomic mass is 15.3. The first-order chi connectivity index (χ1) is 11.3. The number of hydrogen-bond donors (Lipinski definition) is 1. The highest BCUT2D eigenvalue weighted by Gasteiger charge is 2.22. The van der Waals surface area contributed by atoms with Crippen LogP contribution >= 0.6 is 0 Å². The third-order valence-corrected chi connectivity index (χ3v) is 4.13. The van der Waals surface area contributed by atoms with E-state index in [9.17, 15) is 0 Å². The van der Waals surface area contributed by atoms with Crippen LogP contribution in [0, 0.1) is 0 Å². The number of hydrogen-bond acceptors (Lipinski definition) is 7. The average Bonchev–Trinajstić information content (AvgIpc) is 2.99. The summed E-state index contributed by atoms with van der Waals surface area (Å²) < 4.78 is 1.76. The van der Waals surface area contributed by atoms with E-state index in [2.05, 4.69) is 35.3 Å². The van der Waals surface area contributed by atoms with Gasteiger partial charge < -0.3 is 10.2 Å². The van der Waals surface area contributed by atoms with E-state index >= 15 is 0 Å². The van der Waals surface area contributed by atoms with E-state index in [4.69, 9.17) is 0 Å². The van der Waals surface area contributed by atoms with Crippen molar-refractivity contribution in [1.29, 1.82) is 0 Å². The average molecular weight is 310 g/mol. The maximum absolute atomic E-state index is 4.39. The van der Waals surface area contributed by atoms with Crippen LogP contribution in [0.5, 0.6) is 0 Å². The fourth-order valence-corrected chi connectivity index (χ4v) is 3.00. The molecule has 1 aliphatic rings. The van der Waals surface area contributed by atoms with Gasteiger partial charge in [-0.1, -0.05) is 0 Å². The van der Waals surface area contributed by atoms with Crippen molar-refractivity contribution in [3.63, 3.8) is 0 Å². The number of fused-ring (bicyclic) bond motifs is 1. The molecule has 118 valence electrons. The van der Waals surface area contributed by atoms with Crippen LogP contribution in [0.15, 0.2) is 31.0 Å². The van der Waals surface area contributed by atoms with Crippen molar-refractivity contribution in [2.75, 3.05) is 23.3 Å². The summed E-state index contributed by atoms with van der Waals surface area (Å²) in [7, 11) is 1.88. The molecule has 0 bridgehead atoms. The minimum Gasteiger partial charge on any atom is -0.365 e. The zero-order valence-corrected chi connectivity index (χ0v) is 12.9.